The van der Waals surface area contributed by atoms with E-state index >= 15 is 0 Å². The molecule has 0 heterocycles. The van der Waals surface area contributed by atoms with Gasteiger partial charge in [-0.15, -0.1) is 0 Å². The predicted molar refractivity (Wildman–Crippen MR) is 57.8 cm³/mol. The lowest BCUT2D eigenvalue weighted by atomic mass is 10.6. The molecule has 0 aliphatic carbocycles. The summed E-state index contributed by atoms with van der Waals surface area (Å²) in [5.41, 5.74) is 0. The van der Waals surface area contributed by atoms with Crippen LogP contribution in [0.4, 0.5) is 0 Å². The van der Waals surface area contributed by atoms with E-state index in [9.17, 15) is 27.6 Å². The van der Waals surface area contributed by atoms with Crippen molar-refractivity contribution in [1.29, 1.82) is 0 Å². The summed E-state index contributed by atoms with van der Waals surface area (Å²) in [6.45, 7) is 1.65. The molecule has 0 fully saturated rings. The zero-order valence-corrected chi connectivity index (χ0v) is 11.5. The van der Waals surface area contributed by atoms with E-state index in [0.717, 1.165) is 0 Å². The molecule has 98 valence electrons. The maximum atomic E-state index is 10.4. The molecule has 0 rings (SSSR count). The van der Waals surface area contributed by atoms with Crippen molar-refractivity contribution in [1.82, 2.24) is 0 Å². The zero-order valence-electron chi connectivity index (χ0n) is 8.70. The molecule has 0 aromatic rings. The first-order valence-corrected chi connectivity index (χ1v) is 10.2. The Morgan fingerprint density at radius 1 is 1.06 bits per heavy atom. The quantitative estimate of drug-likeness (QED) is 0.271. The van der Waals surface area contributed by atoms with Crippen LogP contribution < -0.4 is 0 Å². The van der Waals surface area contributed by atoms with Crippen molar-refractivity contribution in [3.05, 3.63) is 0 Å². The van der Waals surface area contributed by atoms with E-state index in [-0.39, 0.29) is 6.04 Å². The molecule has 5 N–H and O–H groups in total. The van der Waals surface area contributed by atoms with Gasteiger partial charge in [0.05, 0.1) is 5.75 Å². The van der Waals surface area contributed by atoms with Crippen LogP contribution in [0.3, 0.4) is 0 Å². The van der Waals surface area contributed by atoms with Crippen molar-refractivity contribution >= 4 is 27.7 Å². The Labute approximate surface area is 95.6 Å². The summed E-state index contributed by atoms with van der Waals surface area (Å²) in [4.78, 5) is 37.0. The minimum Gasteiger partial charge on any atom is -0.390 e. The lowest BCUT2D eigenvalue weighted by Crippen LogP contribution is -2.53. The number of rotatable bonds is 7. The van der Waals surface area contributed by atoms with E-state index in [0.29, 0.717) is 6.42 Å². The Bertz CT molecular complexity index is 312. The van der Waals surface area contributed by atoms with Crippen molar-refractivity contribution in [2.45, 2.75) is 25.4 Å². The van der Waals surface area contributed by atoms with Crippen LogP contribution in [0.25, 0.3) is 0 Å². The van der Waals surface area contributed by atoms with E-state index in [2.05, 4.69) is 4.12 Å². The maximum absolute atomic E-state index is 10.4. The summed E-state index contributed by atoms with van der Waals surface area (Å²) in [5.74, 6) is -0.900. The summed E-state index contributed by atoms with van der Waals surface area (Å²) in [6.07, 6.45) is 0.377. The van der Waals surface area contributed by atoms with Crippen LogP contribution in [0.5, 0.6) is 0 Å². The Balaban J connectivity index is 4.34. The monoisotopic (exact) mass is 292 g/mol. The maximum Gasteiger partial charge on any atom is 0.489 e. The van der Waals surface area contributed by atoms with Gasteiger partial charge in [-0.3, -0.25) is 4.55 Å². The van der Waals surface area contributed by atoms with Crippen LogP contribution >= 0.6 is 0 Å². The average Bonchev–Trinajstić information content (AvgIpc) is 1.97. The Kier molecular flexibility index (Phi) is 5.71. The van der Waals surface area contributed by atoms with Gasteiger partial charge in [-0.1, -0.05) is 13.3 Å². The highest BCUT2D eigenvalue weighted by Gasteiger charge is 2.45. The van der Waals surface area contributed by atoms with Gasteiger partial charge in [-0.25, -0.2) is 0 Å². The van der Waals surface area contributed by atoms with Crippen LogP contribution in [0.1, 0.15) is 13.3 Å². The van der Waals surface area contributed by atoms with Gasteiger partial charge in [0.25, 0.3) is 10.1 Å². The van der Waals surface area contributed by atoms with E-state index in [1.54, 1.807) is 6.92 Å². The van der Waals surface area contributed by atoms with Crippen LogP contribution in [-0.4, -0.2) is 55.5 Å². The van der Waals surface area contributed by atoms with Gasteiger partial charge >= 0.3 is 17.6 Å². The lowest BCUT2D eigenvalue weighted by molar-refractivity contribution is 0.155. The molecule has 0 radical (unpaired) electrons. The van der Waals surface area contributed by atoms with Gasteiger partial charge in [-0.05, 0) is 0 Å². The van der Waals surface area contributed by atoms with Crippen molar-refractivity contribution in [3.8, 4) is 0 Å². The molecule has 0 amide bonds. The highest BCUT2D eigenvalue weighted by molar-refractivity contribution is 7.85. The standard InChI is InChI=1S/C5H16O8SSi2/c1-2-4-15(9,10)13-16(11,12)5-3-14(6,7)8/h9-12H,2-5H2,1H3,(H,6,7,8). The molecule has 0 spiro atoms. The first-order chi connectivity index (χ1) is 6.97. The molecule has 0 bridgehead atoms. The van der Waals surface area contributed by atoms with Crippen LogP contribution in [0.2, 0.25) is 12.1 Å². The predicted octanol–water partition coefficient (Wildman–Crippen LogP) is -1.85. The average molecular weight is 292 g/mol. The van der Waals surface area contributed by atoms with Gasteiger partial charge < -0.3 is 23.3 Å². The van der Waals surface area contributed by atoms with Crippen LogP contribution in [-0.2, 0) is 14.2 Å². The summed E-state index contributed by atoms with van der Waals surface area (Å²) in [6, 6.07) is -0.861. The number of hydrogen-bond donors (Lipinski definition) is 5. The van der Waals surface area contributed by atoms with Crippen molar-refractivity contribution < 1.29 is 36.3 Å². The SMILES string of the molecule is CCC[Si](O)(O)O[Si](O)(O)CCS(=O)(=O)O. The topological polar surface area (TPSA) is 145 Å². The molecule has 0 unspecified atom stereocenters. The van der Waals surface area contributed by atoms with E-state index in [4.69, 9.17) is 4.55 Å². The Morgan fingerprint density at radius 2 is 1.50 bits per heavy atom. The van der Waals surface area contributed by atoms with Gasteiger partial charge in [0, 0.05) is 12.1 Å². The highest BCUT2D eigenvalue weighted by Crippen LogP contribution is 2.15. The molecule has 16 heavy (non-hydrogen) atoms. The van der Waals surface area contributed by atoms with Gasteiger partial charge in [-0.2, -0.15) is 8.42 Å². The molecular weight excluding hydrogens is 276 g/mol. The lowest BCUT2D eigenvalue weighted by Gasteiger charge is -2.25. The molecular formula is C5H16O8SSi2. The van der Waals surface area contributed by atoms with E-state index in [1.165, 1.54) is 0 Å². The van der Waals surface area contributed by atoms with Crippen molar-refractivity contribution in [2.24, 2.45) is 0 Å². The second kappa shape index (κ2) is 5.66. The fraction of sp³-hybridized carbons (Fsp3) is 1.00. The van der Waals surface area contributed by atoms with Crippen molar-refractivity contribution in [2.75, 3.05) is 5.75 Å². The molecule has 0 aromatic heterocycles. The smallest absolute Gasteiger partial charge is 0.390 e. The third-order valence-corrected chi connectivity index (χ3v) is 7.34. The van der Waals surface area contributed by atoms with Gasteiger partial charge in [0.1, 0.15) is 0 Å². The third kappa shape index (κ3) is 8.31. The molecule has 0 saturated carbocycles. The van der Waals surface area contributed by atoms with Gasteiger partial charge in [0.2, 0.25) is 0 Å². The Morgan fingerprint density at radius 3 is 1.88 bits per heavy atom. The Hall–Kier alpha value is 0.144. The summed E-state index contributed by atoms with van der Waals surface area (Å²) in [5, 5.41) is 0. The molecule has 0 saturated heterocycles. The summed E-state index contributed by atoms with van der Waals surface area (Å²) in [7, 11) is -13.0. The summed E-state index contributed by atoms with van der Waals surface area (Å²) < 4.78 is 33.5. The zero-order chi connectivity index (χ0) is 13.0. The van der Waals surface area contributed by atoms with E-state index in [1.807, 2.05) is 0 Å². The second-order valence-electron chi connectivity index (χ2n) is 3.37. The normalized spacial score (nSPS) is 14.1. The number of hydrogen-bond acceptors (Lipinski definition) is 7. The first kappa shape index (κ1) is 16.1. The molecule has 11 heteroatoms. The first-order valence-electron chi connectivity index (χ1n) is 4.52. The molecule has 0 aromatic carbocycles. The molecule has 0 atom stereocenters. The van der Waals surface area contributed by atoms with E-state index < -0.39 is 39.5 Å². The van der Waals surface area contributed by atoms with Crippen molar-refractivity contribution in [3.63, 3.8) is 0 Å². The summed E-state index contributed by atoms with van der Waals surface area (Å²) >= 11 is 0. The molecule has 8 nitrogen and oxygen atoms in total. The fourth-order valence-corrected chi connectivity index (χ4v) is 6.61. The molecule has 0 aliphatic heterocycles. The third-order valence-electron chi connectivity index (χ3n) is 1.59. The minimum absolute atomic E-state index is 0.116. The fourth-order valence-electron chi connectivity index (χ4n) is 0.951. The van der Waals surface area contributed by atoms with Crippen LogP contribution in [0, 0.1) is 0 Å². The largest absolute Gasteiger partial charge is 0.489 e. The second-order valence-corrected chi connectivity index (χ2v) is 9.74. The molecule has 0 aliphatic rings. The van der Waals surface area contributed by atoms with Crippen LogP contribution in [0.15, 0.2) is 0 Å². The van der Waals surface area contributed by atoms with Gasteiger partial charge in [0.15, 0.2) is 0 Å². The minimum atomic E-state index is -4.46. The highest BCUT2D eigenvalue weighted by atomic mass is 32.2.